The van der Waals surface area contributed by atoms with Crippen LogP contribution in [0, 0.1) is 11.5 Å². The summed E-state index contributed by atoms with van der Waals surface area (Å²) in [6.45, 7) is 13.1. The number of halogens is 2. The van der Waals surface area contributed by atoms with Gasteiger partial charge in [0.05, 0.1) is 0 Å². The Morgan fingerprint density at radius 3 is 2.04 bits per heavy atom. The van der Waals surface area contributed by atoms with Crippen molar-refractivity contribution in [1.29, 1.82) is 0 Å². The first-order chi connectivity index (χ1) is 10.3. The van der Waals surface area contributed by atoms with E-state index >= 15 is 0 Å². The van der Waals surface area contributed by atoms with Crippen molar-refractivity contribution < 1.29 is 51.0 Å². The van der Waals surface area contributed by atoms with Crippen LogP contribution in [-0.4, -0.2) is 0 Å². The molecule has 0 saturated carbocycles. The van der Waals surface area contributed by atoms with Gasteiger partial charge >= 0.3 is 26.2 Å². The van der Waals surface area contributed by atoms with Crippen LogP contribution < -0.4 is 24.8 Å². The summed E-state index contributed by atoms with van der Waals surface area (Å²) in [6, 6.07) is 13.1. The van der Waals surface area contributed by atoms with E-state index in [1.54, 1.807) is 0 Å². The van der Waals surface area contributed by atoms with E-state index in [4.69, 9.17) is 0 Å². The Bertz CT molecular complexity index is 687. The van der Waals surface area contributed by atoms with Crippen LogP contribution in [-0.2, 0) is 32.6 Å². The molecular formula is C22H28Cl2Zr. The summed E-state index contributed by atoms with van der Waals surface area (Å²) in [5.41, 5.74) is 5.87. The Labute approximate surface area is 185 Å². The molecule has 0 aliphatic heterocycles. The minimum atomic E-state index is 0. The Morgan fingerprint density at radius 1 is 1.04 bits per heavy atom. The largest absolute Gasteiger partial charge is 4.00 e. The number of allylic oxidation sites excluding steroid dienone is 4. The van der Waals surface area contributed by atoms with E-state index in [2.05, 4.69) is 84.0 Å². The Hall–Kier alpha value is -0.227. The third kappa shape index (κ3) is 6.78. The maximum atomic E-state index is 3.44. The molecule has 2 aromatic carbocycles. The molecule has 25 heavy (non-hydrogen) atoms. The molecule has 0 heterocycles. The third-order valence-corrected chi connectivity index (χ3v) is 4.78. The summed E-state index contributed by atoms with van der Waals surface area (Å²) in [4.78, 5) is 0. The molecule has 0 atom stereocenters. The Balaban J connectivity index is 0. The van der Waals surface area contributed by atoms with E-state index in [1.165, 1.54) is 45.9 Å². The van der Waals surface area contributed by atoms with Crippen molar-refractivity contribution in [2.45, 2.75) is 54.4 Å². The molecule has 3 heteroatoms. The van der Waals surface area contributed by atoms with Crippen LogP contribution in [0.5, 0.6) is 0 Å². The predicted octanol–water partition coefficient (Wildman–Crippen LogP) is 0.629. The van der Waals surface area contributed by atoms with Gasteiger partial charge in [-0.15, -0.1) is 47.5 Å². The van der Waals surface area contributed by atoms with Gasteiger partial charge < -0.3 is 24.8 Å². The van der Waals surface area contributed by atoms with E-state index in [9.17, 15) is 0 Å². The summed E-state index contributed by atoms with van der Waals surface area (Å²) in [6.07, 6.45) is 5.87. The fourth-order valence-electron chi connectivity index (χ4n) is 3.05. The fourth-order valence-corrected chi connectivity index (χ4v) is 3.05. The summed E-state index contributed by atoms with van der Waals surface area (Å²) in [5, 5.41) is 2.75. The third-order valence-electron chi connectivity index (χ3n) is 4.78. The molecule has 134 valence electrons. The van der Waals surface area contributed by atoms with Crippen molar-refractivity contribution in [1.82, 2.24) is 0 Å². The average Bonchev–Trinajstić information content (AvgIpc) is 2.95. The van der Waals surface area contributed by atoms with E-state index in [0.29, 0.717) is 0 Å². The van der Waals surface area contributed by atoms with Crippen LogP contribution in [0.3, 0.4) is 0 Å². The zero-order chi connectivity index (χ0) is 16.3. The zero-order valence-electron chi connectivity index (χ0n) is 16.1. The van der Waals surface area contributed by atoms with Crippen LogP contribution in [0.25, 0.3) is 10.8 Å². The van der Waals surface area contributed by atoms with Gasteiger partial charge in [0.1, 0.15) is 0 Å². The van der Waals surface area contributed by atoms with Crippen molar-refractivity contribution in [3.05, 3.63) is 64.8 Å². The molecule has 2 aromatic rings. The number of aryl methyl sites for hydroxylation is 1. The molecule has 0 saturated heterocycles. The first-order valence-corrected chi connectivity index (χ1v) is 8.29. The summed E-state index contributed by atoms with van der Waals surface area (Å²) in [5.74, 6) is 0. The van der Waals surface area contributed by atoms with Gasteiger partial charge in [-0.25, -0.2) is 5.57 Å². The molecule has 0 spiro atoms. The van der Waals surface area contributed by atoms with E-state index < -0.39 is 0 Å². The summed E-state index contributed by atoms with van der Waals surface area (Å²) >= 11 is 0. The molecule has 1 aliphatic rings. The second kappa shape index (κ2) is 11.5. The van der Waals surface area contributed by atoms with Crippen molar-refractivity contribution in [3.8, 4) is 0 Å². The molecule has 0 aromatic heterocycles. The van der Waals surface area contributed by atoms with Crippen molar-refractivity contribution in [2.75, 3.05) is 0 Å². The molecule has 0 nitrogen and oxygen atoms in total. The molecule has 0 radical (unpaired) electrons. The number of fused-ring (bicyclic) bond motifs is 1. The van der Waals surface area contributed by atoms with Gasteiger partial charge in [-0.2, -0.15) is 17.2 Å². The minimum Gasteiger partial charge on any atom is -1.00 e. The minimum absolute atomic E-state index is 0. The van der Waals surface area contributed by atoms with Gasteiger partial charge in [-0.1, -0.05) is 52.5 Å². The standard InChI is InChI=1S/C12H13.C10H15.2ClH.Zr/c1-2-5-10-8-11-6-3-4-7-12(11)9-10;1-7-6-10(4,5)9(3)8(7)2;;;/h3-4,6-9H,2,5H2,1H3;1-5H3;2*1H;/q2*-1;;;+4/p-2. The van der Waals surface area contributed by atoms with Gasteiger partial charge in [0.25, 0.3) is 0 Å². The topological polar surface area (TPSA) is 0 Å². The van der Waals surface area contributed by atoms with Gasteiger partial charge in [-0.3, -0.25) is 6.08 Å². The van der Waals surface area contributed by atoms with E-state index in [1.807, 2.05) is 0 Å². The monoisotopic (exact) mass is 452 g/mol. The molecule has 0 unspecified atom stereocenters. The maximum absolute atomic E-state index is 3.44. The smallest absolute Gasteiger partial charge is 1.00 e. The maximum Gasteiger partial charge on any atom is 4.00 e. The molecule has 0 bridgehead atoms. The summed E-state index contributed by atoms with van der Waals surface area (Å²) < 4.78 is 0. The first-order valence-electron chi connectivity index (χ1n) is 8.29. The van der Waals surface area contributed by atoms with Crippen LogP contribution in [0.4, 0.5) is 0 Å². The normalized spacial score (nSPS) is 14.6. The SMILES string of the molecule is CC1=[C-]C(C)(C)C(C)=C1C.CCCc1cc2ccccc2[cH-]1.[Cl-].[Cl-].[Zr+4]. The fraction of sp³-hybridized carbons (Fsp3) is 0.409. The van der Waals surface area contributed by atoms with E-state index in [-0.39, 0.29) is 56.4 Å². The Kier molecular flexibility index (Phi) is 12.4. The van der Waals surface area contributed by atoms with Crippen molar-refractivity contribution >= 4 is 10.8 Å². The van der Waals surface area contributed by atoms with E-state index in [0.717, 1.165) is 0 Å². The Morgan fingerprint density at radius 2 is 1.64 bits per heavy atom. The molecule has 0 amide bonds. The van der Waals surface area contributed by atoms with Gasteiger partial charge in [0.15, 0.2) is 0 Å². The summed E-state index contributed by atoms with van der Waals surface area (Å²) in [7, 11) is 0. The predicted molar refractivity (Wildman–Crippen MR) is 98.1 cm³/mol. The van der Waals surface area contributed by atoms with Crippen LogP contribution in [0.15, 0.2) is 53.1 Å². The quantitative estimate of drug-likeness (QED) is 0.584. The second-order valence-electron chi connectivity index (χ2n) is 6.87. The molecule has 0 N–H and O–H groups in total. The van der Waals surface area contributed by atoms with Gasteiger partial charge in [0, 0.05) is 0 Å². The van der Waals surface area contributed by atoms with Gasteiger partial charge in [0.2, 0.25) is 0 Å². The molecule has 1 aliphatic carbocycles. The van der Waals surface area contributed by atoms with Gasteiger partial charge in [-0.05, 0) is 6.42 Å². The molecular weight excluding hydrogens is 426 g/mol. The number of benzene rings is 1. The van der Waals surface area contributed by atoms with Crippen LogP contribution in [0.1, 0.15) is 53.5 Å². The molecule has 3 rings (SSSR count). The van der Waals surface area contributed by atoms with Crippen molar-refractivity contribution in [3.63, 3.8) is 0 Å². The van der Waals surface area contributed by atoms with Crippen molar-refractivity contribution in [2.24, 2.45) is 5.41 Å². The first kappa shape index (κ1) is 27.0. The second-order valence-corrected chi connectivity index (χ2v) is 6.87. The number of hydrogen-bond acceptors (Lipinski definition) is 0. The number of rotatable bonds is 2. The molecule has 0 fully saturated rings. The van der Waals surface area contributed by atoms with Crippen LogP contribution in [0.2, 0.25) is 0 Å². The van der Waals surface area contributed by atoms with Crippen LogP contribution >= 0.6 is 0 Å². The average molecular weight is 455 g/mol. The zero-order valence-corrected chi connectivity index (χ0v) is 20.1. The number of hydrogen-bond donors (Lipinski definition) is 0.